The maximum Gasteiger partial charge on any atom is 0.0645 e. The fourth-order valence-corrected chi connectivity index (χ4v) is 13.4. The lowest BCUT2D eigenvalue weighted by molar-refractivity contribution is 0.590. The van der Waals surface area contributed by atoms with Gasteiger partial charge in [0.1, 0.15) is 0 Å². The summed E-state index contributed by atoms with van der Waals surface area (Å²) in [7, 11) is 0. The molecular formula is C82H74N4. The van der Waals surface area contributed by atoms with Gasteiger partial charge in [-0.3, -0.25) is 0 Å². The summed E-state index contributed by atoms with van der Waals surface area (Å²) in [6.07, 6.45) is 0. The molecule has 11 aromatic carbocycles. The van der Waals surface area contributed by atoms with Crippen molar-refractivity contribution in [1.82, 2.24) is 8.80 Å². The lowest BCUT2D eigenvalue weighted by atomic mass is 9.84. The van der Waals surface area contributed by atoms with Gasteiger partial charge in [-0.05, 0) is 152 Å². The molecule has 0 atom stereocenters. The second kappa shape index (κ2) is 19.1. The third kappa shape index (κ3) is 8.31. The van der Waals surface area contributed by atoms with Gasteiger partial charge in [0, 0.05) is 65.6 Å². The molecule has 0 saturated carbocycles. The quantitative estimate of drug-likeness (QED) is 0.151. The van der Waals surface area contributed by atoms with Crippen LogP contribution in [0.4, 0.5) is 34.1 Å². The van der Waals surface area contributed by atoms with Crippen LogP contribution in [0.2, 0.25) is 0 Å². The van der Waals surface area contributed by atoms with E-state index in [0.717, 1.165) is 121 Å². The molecule has 15 aromatic rings. The number of rotatable bonds is 8. The second-order valence-electron chi connectivity index (χ2n) is 27.5. The van der Waals surface area contributed by atoms with Gasteiger partial charge in [0.05, 0.1) is 69.6 Å². The predicted octanol–water partition coefficient (Wildman–Crippen LogP) is 23.5. The van der Waals surface area contributed by atoms with Crippen molar-refractivity contribution >= 4 is 110 Å². The summed E-state index contributed by atoms with van der Waals surface area (Å²) in [4.78, 5) is 3.84. The number of nitrogens with zero attached hydrogens (tertiary/aromatic N) is 4. The first-order valence-electron chi connectivity index (χ1n) is 34.9. The van der Waals surface area contributed by atoms with Crippen molar-refractivity contribution in [3.8, 4) is 22.3 Å². The van der Waals surface area contributed by atoms with Gasteiger partial charge in [-0.25, -0.2) is 0 Å². The van der Waals surface area contributed by atoms with Gasteiger partial charge in [0.2, 0.25) is 0 Å². The summed E-state index contributed by atoms with van der Waals surface area (Å²) in [6, 6.07) is 55.3. The summed E-state index contributed by atoms with van der Waals surface area (Å²) in [5.41, 5.74) is 15.2. The van der Waals surface area contributed by atoms with Gasteiger partial charge in [-0.1, -0.05) is 216 Å². The first-order valence-corrected chi connectivity index (χ1v) is 29.9. The van der Waals surface area contributed by atoms with E-state index in [4.69, 9.17) is 2.74 Å². The fraction of sp³-hybridized carbons (Fsp3) is 0.195. The maximum atomic E-state index is 9.78. The van der Waals surface area contributed by atoms with Crippen molar-refractivity contribution in [1.29, 1.82) is 0 Å². The normalized spacial score (nSPS) is 14.5. The minimum absolute atomic E-state index is 0.0387. The van der Waals surface area contributed by atoms with E-state index in [1.165, 1.54) is 0 Å². The Morgan fingerprint density at radius 2 is 0.640 bits per heavy atom. The van der Waals surface area contributed by atoms with Crippen molar-refractivity contribution in [2.45, 2.75) is 105 Å². The first kappa shape index (κ1) is 43.3. The van der Waals surface area contributed by atoms with Crippen LogP contribution in [0.3, 0.4) is 0 Å². The van der Waals surface area contributed by atoms with E-state index in [0.29, 0.717) is 22.7 Å². The van der Waals surface area contributed by atoms with E-state index in [-0.39, 0.29) is 57.2 Å². The Labute approximate surface area is 519 Å². The van der Waals surface area contributed by atoms with Crippen LogP contribution < -0.4 is 9.80 Å². The van der Waals surface area contributed by atoms with E-state index in [1.807, 2.05) is 58.3 Å². The van der Waals surface area contributed by atoms with Crippen LogP contribution in [0.5, 0.6) is 0 Å². The SMILES string of the molecule is [2H]c1c([2H])c([2H])c(N(c2ccc(C(C)(C)C)cc2-c2ccccc2)c2ccc3c4cc5c(cc4n4c6ccc(C(C)(C)C)cc6c2c34)c2ccc(N(c3ccc(C(C)(C)C)cc3-c3ccccc3)c3c([2H])c([2H])c([2H])c([2H])c3[2H])c3c4cc(C(C)(C)C)ccc4n5c23)c([2H])c1[2H]. The molecule has 4 aromatic heterocycles. The molecule has 0 saturated heterocycles. The van der Waals surface area contributed by atoms with Crippen molar-refractivity contribution < 1.29 is 13.7 Å². The molecule has 0 radical (unpaired) electrons. The third-order valence-electron chi connectivity index (χ3n) is 18.0. The zero-order valence-electron chi connectivity index (χ0n) is 61.0. The summed E-state index contributed by atoms with van der Waals surface area (Å²) in [5.74, 6) is 0. The van der Waals surface area contributed by atoms with Crippen LogP contribution >= 0.6 is 0 Å². The topological polar surface area (TPSA) is 15.3 Å². The highest BCUT2D eigenvalue weighted by Crippen LogP contribution is 2.54. The Bertz CT molecular complexity index is 5350. The number of hydrogen-bond acceptors (Lipinski definition) is 2. The molecular weight excluding hydrogens is 1040 g/mol. The number of hydrogen-bond donors (Lipinski definition) is 0. The van der Waals surface area contributed by atoms with E-state index in [2.05, 4.69) is 213 Å². The van der Waals surface area contributed by atoms with E-state index in [1.54, 1.807) is 0 Å². The highest BCUT2D eigenvalue weighted by molar-refractivity contribution is 6.32. The van der Waals surface area contributed by atoms with Crippen LogP contribution in [0, 0.1) is 0 Å². The Morgan fingerprint density at radius 1 is 0.302 bits per heavy atom. The molecule has 0 unspecified atom stereocenters. The molecule has 0 N–H and O–H groups in total. The van der Waals surface area contributed by atoms with Gasteiger partial charge in [0.15, 0.2) is 0 Å². The maximum absolute atomic E-state index is 9.78. The number of aromatic nitrogens is 2. The van der Waals surface area contributed by atoms with Gasteiger partial charge in [-0.15, -0.1) is 0 Å². The van der Waals surface area contributed by atoms with E-state index in [9.17, 15) is 11.0 Å². The molecule has 4 heterocycles. The standard InChI is InChI=1S/C82H74N4/c1-79(2,3)53-33-39-67(61(45-53)51-25-17-13-18-26-51)83(57-29-21-15-22-30-57)71-43-37-59-63-49-74-64(50-73(63)85-69-41-35-55(81(7,8)9)47-65(69)75(71)77(59)85)60-38-44-72(76-66-48-56(82(10,11)12)36-42-70(66)86(74)78(60)76)84(58-31-23-16-24-32-58)68-40-34-54(80(4,5)6)46-62(68)52-27-19-14-20-28-52/h13-50H,1-12H3/i15D,16D,21D,22D,23D,24D,29D,30D,31D,32D. The average molecular weight is 1130 g/mol. The number of para-hydroxylation sites is 2. The molecule has 422 valence electrons. The van der Waals surface area contributed by atoms with Crippen molar-refractivity contribution in [3.63, 3.8) is 0 Å². The molecule has 0 spiro atoms. The molecule has 0 fully saturated rings. The van der Waals surface area contributed by atoms with Crippen molar-refractivity contribution in [2.24, 2.45) is 0 Å². The second-order valence-corrected chi connectivity index (χ2v) is 27.5. The Hall–Kier alpha value is -9.38. The summed E-state index contributed by atoms with van der Waals surface area (Å²) < 4.78 is 98.3. The van der Waals surface area contributed by atoms with Crippen molar-refractivity contribution in [2.75, 3.05) is 9.80 Å². The monoisotopic (exact) mass is 1120 g/mol. The number of benzene rings is 11. The molecule has 15 rings (SSSR count). The summed E-state index contributed by atoms with van der Waals surface area (Å²) in [6.45, 7) is 26.3. The Morgan fingerprint density at radius 3 is 1.00 bits per heavy atom. The molecule has 0 aliphatic heterocycles. The van der Waals surface area contributed by atoms with E-state index < -0.39 is 36.3 Å². The average Bonchev–Trinajstić information content (AvgIpc) is 1.50. The van der Waals surface area contributed by atoms with Crippen molar-refractivity contribution in [3.05, 3.63) is 253 Å². The minimum atomic E-state index is -0.469. The highest BCUT2D eigenvalue weighted by atomic mass is 15.2. The van der Waals surface area contributed by atoms with Crippen LogP contribution in [-0.2, 0) is 21.7 Å². The predicted molar refractivity (Wildman–Crippen MR) is 371 cm³/mol. The van der Waals surface area contributed by atoms with Gasteiger partial charge in [-0.2, -0.15) is 0 Å². The van der Waals surface area contributed by atoms with Gasteiger partial charge >= 0.3 is 0 Å². The molecule has 4 nitrogen and oxygen atoms in total. The summed E-state index contributed by atoms with van der Waals surface area (Å²) in [5, 5.41) is 7.52. The van der Waals surface area contributed by atoms with Crippen LogP contribution in [-0.4, -0.2) is 8.80 Å². The largest absolute Gasteiger partial charge is 0.309 e. The first-order chi connectivity index (χ1) is 45.4. The molecule has 0 aliphatic rings. The lowest BCUT2D eigenvalue weighted by Gasteiger charge is -2.30. The van der Waals surface area contributed by atoms with Gasteiger partial charge < -0.3 is 18.6 Å². The minimum Gasteiger partial charge on any atom is -0.309 e. The number of anilines is 6. The summed E-state index contributed by atoms with van der Waals surface area (Å²) >= 11 is 0. The zero-order valence-corrected chi connectivity index (χ0v) is 51.0. The zero-order chi connectivity index (χ0) is 68.0. The smallest absolute Gasteiger partial charge is 0.0645 e. The Balaban J connectivity index is 1.08. The molecule has 86 heavy (non-hydrogen) atoms. The molecule has 0 bridgehead atoms. The van der Waals surface area contributed by atoms with Crippen LogP contribution in [0.15, 0.2) is 230 Å². The van der Waals surface area contributed by atoms with Crippen LogP contribution in [0.25, 0.3) is 98.4 Å². The number of fused-ring (bicyclic) bond motifs is 12. The van der Waals surface area contributed by atoms with E-state index >= 15 is 0 Å². The fourth-order valence-electron chi connectivity index (χ4n) is 13.4. The Kier molecular flexibility index (Phi) is 9.59. The highest BCUT2D eigenvalue weighted by Gasteiger charge is 2.32. The third-order valence-corrected chi connectivity index (χ3v) is 18.0. The van der Waals surface area contributed by atoms with Crippen LogP contribution in [0.1, 0.15) is 119 Å². The lowest BCUT2D eigenvalue weighted by Crippen LogP contribution is -2.15. The van der Waals surface area contributed by atoms with Gasteiger partial charge in [0.25, 0.3) is 0 Å². The molecule has 0 aliphatic carbocycles. The molecule has 0 amide bonds. The molecule has 4 heteroatoms.